The Morgan fingerprint density at radius 1 is 1.29 bits per heavy atom. The average Bonchev–Trinajstić information content (AvgIpc) is 2.44. The van der Waals surface area contributed by atoms with E-state index in [0.29, 0.717) is 23.9 Å². The lowest BCUT2D eigenvalue weighted by Gasteiger charge is -2.21. The molecule has 0 heterocycles. The Hall–Kier alpha value is -1.66. The average molecular weight is 309 g/mol. The van der Waals surface area contributed by atoms with E-state index in [0.717, 1.165) is 24.9 Å². The molecule has 1 aromatic carbocycles. The predicted octanol–water partition coefficient (Wildman–Crippen LogP) is 1.29. The molecule has 0 aromatic heterocycles. The molecule has 1 aromatic rings. The quantitative estimate of drug-likeness (QED) is 0.636. The molecule has 0 unspecified atom stereocenters. The fraction of sp³-hybridized carbons (Fsp3) is 0.467. The second kappa shape index (κ2) is 9.31. The van der Waals surface area contributed by atoms with Crippen LogP contribution in [0.3, 0.4) is 0 Å². The maximum Gasteiger partial charge on any atom is 0.231 e. The molecular formula is C15H23N3O2S. The van der Waals surface area contributed by atoms with Gasteiger partial charge in [0.2, 0.25) is 5.91 Å². The van der Waals surface area contributed by atoms with Crippen molar-refractivity contribution in [3.8, 4) is 5.75 Å². The highest BCUT2D eigenvalue weighted by atomic mass is 32.1. The Kier molecular flexibility index (Phi) is 7.71. The third-order valence-electron chi connectivity index (χ3n) is 3.02. The van der Waals surface area contributed by atoms with Crippen molar-refractivity contribution in [2.24, 2.45) is 11.5 Å². The van der Waals surface area contributed by atoms with E-state index in [1.807, 2.05) is 29.2 Å². The zero-order valence-corrected chi connectivity index (χ0v) is 13.2. The van der Waals surface area contributed by atoms with E-state index >= 15 is 0 Å². The number of thiocarbonyl (C=S) groups is 1. The molecule has 0 atom stereocenters. The van der Waals surface area contributed by atoms with Gasteiger partial charge in [-0.05, 0) is 25.1 Å². The predicted molar refractivity (Wildman–Crippen MR) is 88.4 cm³/mol. The van der Waals surface area contributed by atoms with Crippen LogP contribution in [0.4, 0.5) is 0 Å². The molecule has 0 aliphatic carbocycles. The monoisotopic (exact) mass is 309 g/mol. The molecule has 116 valence electrons. The number of unbranched alkanes of at least 4 members (excludes halogenated alkanes) is 1. The number of hydrogen-bond acceptors (Lipinski definition) is 4. The minimum Gasteiger partial charge on any atom is -0.492 e. The Morgan fingerprint density at radius 2 is 2.00 bits per heavy atom. The normalized spacial score (nSPS) is 10.6. The summed E-state index contributed by atoms with van der Waals surface area (Å²) in [6.07, 6.45) is 2.09. The van der Waals surface area contributed by atoms with Crippen molar-refractivity contribution in [1.82, 2.24) is 4.90 Å². The molecule has 0 fully saturated rings. The van der Waals surface area contributed by atoms with Gasteiger partial charge >= 0.3 is 0 Å². The first-order valence-corrected chi connectivity index (χ1v) is 7.47. The van der Waals surface area contributed by atoms with E-state index in [9.17, 15) is 4.79 Å². The fourth-order valence-corrected chi connectivity index (χ4v) is 2.12. The summed E-state index contributed by atoms with van der Waals surface area (Å²) in [6.45, 7) is 4.28. The number of ether oxygens (including phenoxy) is 1. The number of hydrogen-bond donors (Lipinski definition) is 2. The van der Waals surface area contributed by atoms with Crippen molar-refractivity contribution >= 4 is 23.1 Å². The molecule has 0 aliphatic rings. The molecule has 0 saturated heterocycles. The minimum atomic E-state index is -0.324. The molecule has 1 rings (SSSR count). The summed E-state index contributed by atoms with van der Waals surface area (Å²) in [4.78, 5) is 13.4. The van der Waals surface area contributed by atoms with Gasteiger partial charge in [0, 0.05) is 6.54 Å². The number of para-hydroxylation sites is 1. The van der Waals surface area contributed by atoms with Crippen molar-refractivity contribution in [3.05, 3.63) is 29.8 Å². The van der Waals surface area contributed by atoms with E-state index in [4.69, 9.17) is 28.4 Å². The molecule has 0 bridgehead atoms. The van der Waals surface area contributed by atoms with Gasteiger partial charge in [-0.2, -0.15) is 0 Å². The topological polar surface area (TPSA) is 81.6 Å². The van der Waals surface area contributed by atoms with Gasteiger partial charge in [0.1, 0.15) is 17.3 Å². The molecule has 0 radical (unpaired) electrons. The van der Waals surface area contributed by atoms with Crippen molar-refractivity contribution < 1.29 is 9.53 Å². The van der Waals surface area contributed by atoms with Crippen LogP contribution in [0.1, 0.15) is 25.3 Å². The second-order valence-electron chi connectivity index (χ2n) is 4.80. The maximum atomic E-state index is 11.1. The van der Waals surface area contributed by atoms with Crippen molar-refractivity contribution in [2.45, 2.75) is 19.8 Å². The zero-order valence-electron chi connectivity index (χ0n) is 12.4. The highest BCUT2D eigenvalue weighted by molar-refractivity contribution is 7.80. The van der Waals surface area contributed by atoms with Gasteiger partial charge in [-0.1, -0.05) is 37.7 Å². The SMILES string of the molecule is CCCCN(CCOc1ccccc1C(N)=S)CC(N)=O. The van der Waals surface area contributed by atoms with Crippen LogP contribution in [-0.4, -0.2) is 42.0 Å². The van der Waals surface area contributed by atoms with Gasteiger partial charge < -0.3 is 16.2 Å². The van der Waals surface area contributed by atoms with Gasteiger partial charge in [-0.3, -0.25) is 9.69 Å². The largest absolute Gasteiger partial charge is 0.492 e. The second-order valence-corrected chi connectivity index (χ2v) is 5.24. The summed E-state index contributed by atoms with van der Waals surface area (Å²) < 4.78 is 5.73. The van der Waals surface area contributed by atoms with E-state index < -0.39 is 0 Å². The van der Waals surface area contributed by atoms with Gasteiger partial charge in [0.05, 0.1) is 12.1 Å². The van der Waals surface area contributed by atoms with Gasteiger partial charge in [0.25, 0.3) is 0 Å². The van der Waals surface area contributed by atoms with Crippen LogP contribution in [0.25, 0.3) is 0 Å². The zero-order chi connectivity index (χ0) is 15.7. The summed E-state index contributed by atoms with van der Waals surface area (Å²) in [5.74, 6) is 0.342. The summed E-state index contributed by atoms with van der Waals surface area (Å²) in [5, 5.41) is 0. The van der Waals surface area contributed by atoms with Crippen LogP contribution in [-0.2, 0) is 4.79 Å². The Bertz CT molecular complexity index is 480. The van der Waals surface area contributed by atoms with Gasteiger partial charge in [0.15, 0.2) is 0 Å². The lowest BCUT2D eigenvalue weighted by molar-refractivity contribution is -0.119. The minimum absolute atomic E-state index is 0.250. The first-order valence-electron chi connectivity index (χ1n) is 7.07. The highest BCUT2D eigenvalue weighted by Gasteiger charge is 2.09. The molecule has 0 saturated carbocycles. The third-order valence-corrected chi connectivity index (χ3v) is 3.24. The highest BCUT2D eigenvalue weighted by Crippen LogP contribution is 2.17. The molecule has 21 heavy (non-hydrogen) atoms. The van der Waals surface area contributed by atoms with E-state index in [-0.39, 0.29) is 12.5 Å². The molecule has 1 amide bonds. The summed E-state index contributed by atoms with van der Waals surface area (Å²) >= 11 is 4.99. The summed E-state index contributed by atoms with van der Waals surface area (Å²) in [6, 6.07) is 7.40. The Labute approximate surface area is 131 Å². The lowest BCUT2D eigenvalue weighted by atomic mass is 10.2. The Balaban J connectivity index is 2.53. The standard InChI is InChI=1S/C15H23N3O2S/c1-2-3-8-18(11-14(16)19)9-10-20-13-7-5-4-6-12(13)15(17)21/h4-7H,2-3,8-11H2,1H3,(H2,16,19)(H2,17,21). The summed E-state index contributed by atoms with van der Waals surface area (Å²) in [5.41, 5.74) is 11.6. The Morgan fingerprint density at radius 3 is 2.62 bits per heavy atom. The molecular weight excluding hydrogens is 286 g/mol. The smallest absolute Gasteiger partial charge is 0.231 e. The van der Waals surface area contributed by atoms with Gasteiger partial charge in [-0.25, -0.2) is 0 Å². The number of amides is 1. The molecule has 4 N–H and O–H groups in total. The molecule has 0 aliphatic heterocycles. The number of carbonyl (C=O) groups is 1. The van der Waals surface area contributed by atoms with Crippen LogP contribution >= 0.6 is 12.2 Å². The molecule has 5 nitrogen and oxygen atoms in total. The van der Waals surface area contributed by atoms with Crippen LogP contribution in [0.2, 0.25) is 0 Å². The fourth-order valence-electron chi connectivity index (χ4n) is 1.95. The van der Waals surface area contributed by atoms with Crippen molar-refractivity contribution in [2.75, 3.05) is 26.2 Å². The number of nitrogens with zero attached hydrogens (tertiary/aromatic N) is 1. The van der Waals surface area contributed by atoms with Crippen LogP contribution < -0.4 is 16.2 Å². The maximum absolute atomic E-state index is 11.1. The number of carbonyl (C=O) groups excluding carboxylic acids is 1. The van der Waals surface area contributed by atoms with E-state index in [2.05, 4.69) is 6.92 Å². The molecule has 6 heteroatoms. The van der Waals surface area contributed by atoms with Crippen LogP contribution in [0.5, 0.6) is 5.75 Å². The first kappa shape index (κ1) is 17.4. The van der Waals surface area contributed by atoms with Crippen LogP contribution in [0.15, 0.2) is 24.3 Å². The van der Waals surface area contributed by atoms with E-state index in [1.165, 1.54) is 0 Å². The first-order chi connectivity index (χ1) is 10.0. The van der Waals surface area contributed by atoms with Gasteiger partial charge in [-0.15, -0.1) is 0 Å². The number of primary amides is 1. The number of rotatable bonds is 10. The number of nitrogens with two attached hydrogens (primary N) is 2. The third kappa shape index (κ3) is 6.55. The van der Waals surface area contributed by atoms with Crippen molar-refractivity contribution in [3.63, 3.8) is 0 Å². The molecule has 0 spiro atoms. The van der Waals surface area contributed by atoms with Crippen LogP contribution in [0, 0.1) is 0 Å². The lowest BCUT2D eigenvalue weighted by Crippen LogP contribution is -2.37. The van der Waals surface area contributed by atoms with Crippen molar-refractivity contribution in [1.29, 1.82) is 0 Å². The summed E-state index contributed by atoms with van der Waals surface area (Å²) in [7, 11) is 0. The number of benzene rings is 1. The van der Waals surface area contributed by atoms with E-state index in [1.54, 1.807) is 0 Å².